The third kappa shape index (κ3) is 7.90. The van der Waals surface area contributed by atoms with E-state index >= 15 is 0 Å². The second-order valence-electron chi connectivity index (χ2n) is 9.91. The number of carbonyl (C=O) groups excluding carboxylic acids is 1. The van der Waals surface area contributed by atoms with E-state index in [-0.39, 0.29) is 38.2 Å². The molecular formula is C28H20Cl4F4N8O. The molecule has 2 aromatic carbocycles. The van der Waals surface area contributed by atoms with Gasteiger partial charge in [0.15, 0.2) is 29.6 Å². The minimum Gasteiger partial charge on any atom is -0.397 e. The van der Waals surface area contributed by atoms with Crippen LogP contribution in [0.5, 0.6) is 0 Å². The summed E-state index contributed by atoms with van der Waals surface area (Å²) in [6.07, 6.45) is 7.33. The second kappa shape index (κ2) is 13.7. The van der Waals surface area contributed by atoms with E-state index in [1.165, 1.54) is 12.4 Å². The van der Waals surface area contributed by atoms with Crippen LogP contribution in [-0.4, -0.2) is 41.8 Å². The minimum absolute atomic E-state index is 0.0277. The van der Waals surface area contributed by atoms with Crippen LogP contribution in [0.25, 0.3) is 22.4 Å². The molecule has 234 valence electrons. The quantitative estimate of drug-likeness (QED) is 0.0619. The summed E-state index contributed by atoms with van der Waals surface area (Å²) in [5.41, 5.74) is 7.86. The van der Waals surface area contributed by atoms with Gasteiger partial charge in [-0.1, -0.05) is 23.2 Å². The van der Waals surface area contributed by atoms with Gasteiger partial charge in [-0.3, -0.25) is 4.79 Å². The first-order valence-corrected chi connectivity index (χ1v) is 14.7. The molecule has 0 aliphatic heterocycles. The fourth-order valence-corrected chi connectivity index (χ4v) is 4.78. The lowest BCUT2D eigenvalue weighted by atomic mass is 10.2. The van der Waals surface area contributed by atoms with Crippen molar-refractivity contribution in [1.82, 2.24) is 29.5 Å². The van der Waals surface area contributed by atoms with Crippen LogP contribution in [0.3, 0.4) is 0 Å². The van der Waals surface area contributed by atoms with Crippen molar-refractivity contribution in [2.45, 2.75) is 37.8 Å². The van der Waals surface area contributed by atoms with Gasteiger partial charge in [0, 0.05) is 48.7 Å². The molecule has 0 amide bonds. The van der Waals surface area contributed by atoms with Gasteiger partial charge in [-0.25, -0.2) is 42.5 Å². The van der Waals surface area contributed by atoms with Gasteiger partial charge in [0.25, 0.3) is 0 Å². The molecule has 9 nitrogen and oxygen atoms in total. The van der Waals surface area contributed by atoms with E-state index in [9.17, 15) is 22.4 Å². The number of aldehydes is 1. The number of aromatic nitrogens is 6. The lowest BCUT2D eigenvalue weighted by Gasteiger charge is -2.08. The van der Waals surface area contributed by atoms with E-state index in [1.807, 2.05) is 4.57 Å². The molecule has 0 saturated heterocycles. The predicted octanol–water partition coefficient (Wildman–Crippen LogP) is 8.13. The highest BCUT2D eigenvalue weighted by molar-refractivity contribution is 6.34. The number of rotatable bonds is 5. The zero-order valence-corrected chi connectivity index (χ0v) is 25.7. The Hall–Kier alpha value is -3.78. The number of fused-ring (bicyclic) bond motifs is 1. The molecule has 2 aliphatic carbocycles. The number of hydrogen-bond acceptors (Lipinski definition) is 8. The highest BCUT2D eigenvalue weighted by Gasteiger charge is 2.30. The Kier molecular flexibility index (Phi) is 9.92. The Morgan fingerprint density at radius 2 is 1.40 bits per heavy atom. The van der Waals surface area contributed by atoms with Crippen LogP contribution < -0.4 is 11.1 Å². The average molecular weight is 702 g/mol. The molecule has 0 unspecified atom stereocenters. The summed E-state index contributed by atoms with van der Waals surface area (Å²) in [6.45, 7) is 0. The number of benzene rings is 2. The number of hydrogen-bond donors (Lipinski definition) is 2. The molecule has 7 rings (SSSR count). The van der Waals surface area contributed by atoms with E-state index in [0.29, 0.717) is 40.4 Å². The van der Waals surface area contributed by atoms with Crippen LogP contribution in [0.4, 0.5) is 28.9 Å². The molecule has 0 radical (unpaired) electrons. The molecule has 0 spiro atoms. The first-order chi connectivity index (χ1) is 21.4. The second-order valence-corrected chi connectivity index (χ2v) is 11.3. The number of nitrogen functional groups attached to an aromatic ring is 1. The maximum Gasteiger partial charge on any atom is 0.223 e. The Bertz CT molecular complexity index is 1900. The molecule has 17 heteroatoms. The number of imidazole rings is 1. The van der Waals surface area contributed by atoms with Gasteiger partial charge >= 0.3 is 0 Å². The Morgan fingerprint density at radius 1 is 0.800 bits per heavy atom. The van der Waals surface area contributed by atoms with Crippen molar-refractivity contribution in [3.63, 3.8) is 0 Å². The van der Waals surface area contributed by atoms with E-state index in [4.69, 9.17) is 52.1 Å². The monoisotopic (exact) mass is 700 g/mol. The molecule has 2 fully saturated rings. The third-order valence-corrected chi connectivity index (χ3v) is 7.45. The number of carbonyl (C=O) groups is 1. The largest absolute Gasteiger partial charge is 0.397 e. The Morgan fingerprint density at radius 3 is 2.00 bits per heavy atom. The fraction of sp³-hybridized carbons (Fsp3) is 0.214. The number of nitrogens with one attached hydrogen (secondary N) is 1. The van der Waals surface area contributed by atoms with Gasteiger partial charge in [-0.2, -0.15) is 0 Å². The van der Waals surface area contributed by atoms with Crippen molar-refractivity contribution in [3.8, 4) is 11.4 Å². The zero-order chi connectivity index (χ0) is 32.4. The number of nitrogens with zero attached hydrogens (tertiary/aromatic N) is 6. The van der Waals surface area contributed by atoms with E-state index in [1.54, 1.807) is 0 Å². The summed E-state index contributed by atoms with van der Waals surface area (Å²) in [5.74, 6) is -3.11. The van der Waals surface area contributed by atoms with Crippen molar-refractivity contribution >= 4 is 75.1 Å². The van der Waals surface area contributed by atoms with Crippen LogP contribution in [-0.2, 0) is 0 Å². The predicted molar refractivity (Wildman–Crippen MR) is 164 cm³/mol. The average Bonchev–Trinajstić information content (AvgIpc) is 3.92. The Balaban J connectivity index is 0.000000148. The topological polar surface area (TPSA) is 124 Å². The smallest absolute Gasteiger partial charge is 0.223 e. The molecule has 45 heavy (non-hydrogen) atoms. The molecular weight excluding hydrogens is 682 g/mol. The number of halogens is 8. The Labute approximate surface area is 272 Å². The van der Waals surface area contributed by atoms with E-state index in [0.717, 1.165) is 49.9 Å². The van der Waals surface area contributed by atoms with Gasteiger partial charge in [0.1, 0.15) is 16.1 Å². The molecule has 5 aromatic rings. The summed E-state index contributed by atoms with van der Waals surface area (Å²) < 4.78 is 54.3. The molecule has 3 heterocycles. The minimum atomic E-state index is -0.932. The summed E-state index contributed by atoms with van der Waals surface area (Å²) in [6, 6.07) is 4.91. The van der Waals surface area contributed by atoms with E-state index in [2.05, 4.69) is 30.2 Å². The van der Waals surface area contributed by atoms with Crippen LogP contribution in [0.15, 0.2) is 36.7 Å². The maximum atomic E-state index is 13.6. The first kappa shape index (κ1) is 32.6. The molecule has 0 bridgehead atoms. The lowest BCUT2D eigenvalue weighted by molar-refractivity contribution is 0.112. The number of anilines is 2. The molecule has 3 aromatic heterocycles. The zero-order valence-electron chi connectivity index (χ0n) is 22.7. The first-order valence-electron chi connectivity index (χ1n) is 13.1. The van der Waals surface area contributed by atoms with Crippen molar-refractivity contribution in [3.05, 3.63) is 86.4 Å². The van der Waals surface area contributed by atoms with Crippen molar-refractivity contribution in [2.75, 3.05) is 11.1 Å². The van der Waals surface area contributed by atoms with E-state index < -0.39 is 23.3 Å². The van der Waals surface area contributed by atoms with Crippen molar-refractivity contribution in [2.24, 2.45) is 0 Å². The maximum absolute atomic E-state index is 13.6. The molecule has 2 saturated carbocycles. The van der Waals surface area contributed by atoms with Crippen LogP contribution in [0.1, 0.15) is 42.1 Å². The van der Waals surface area contributed by atoms with Crippen molar-refractivity contribution < 1.29 is 22.4 Å². The number of nitrogens with two attached hydrogens (primary N) is 1. The van der Waals surface area contributed by atoms with Crippen LogP contribution >= 0.6 is 46.4 Å². The summed E-state index contributed by atoms with van der Waals surface area (Å²) in [7, 11) is 0. The van der Waals surface area contributed by atoms with Crippen LogP contribution in [0, 0.1) is 23.3 Å². The van der Waals surface area contributed by atoms with Gasteiger partial charge < -0.3 is 15.6 Å². The SMILES string of the molecule is Fc1cc2nc(-c3cnc(Cl)nc3Cl)n(C3CC3)c2cc1F.Nc1cc(F)c(F)cc1NC1CC1.O=Cc1cnc(Cl)nc1Cl. The normalized spacial score (nSPS) is 13.9. The highest BCUT2D eigenvalue weighted by atomic mass is 35.5. The summed E-state index contributed by atoms with van der Waals surface area (Å²) in [4.78, 5) is 29.4. The summed E-state index contributed by atoms with van der Waals surface area (Å²) in [5, 5.41) is 3.32. The van der Waals surface area contributed by atoms with Gasteiger partial charge in [0.2, 0.25) is 10.6 Å². The van der Waals surface area contributed by atoms with Crippen LogP contribution in [0.2, 0.25) is 20.9 Å². The summed E-state index contributed by atoms with van der Waals surface area (Å²) >= 11 is 22.6. The fourth-order valence-electron chi connectivity index (χ4n) is 4.04. The highest BCUT2D eigenvalue weighted by Crippen LogP contribution is 2.42. The molecule has 0 atom stereocenters. The lowest BCUT2D eigenvalue weighted by Crippen LogP contribution is -2.05. The molecule has 2 aliphatic rings. The third-order valence-electron chi connectivity index (χ3n) is 6.49. The van der Waals surface area contributed by atoms with Gasteiger partial charge in [-0.05, 0) is 48.9 Å². The van der Waals surface area contributed by atoms with Gasteiger partial charge in [0.05, 0.1) is 33.5 Å². The van der Waals surface area contributed by atoms with Gasteiger partial charge in [-0.15, -0.1) is 0 Å². The van der Waals surface area contributed by atoms with Crippen molar-refractivity contribution in [1.29, 1.82) is 0 Å². The standard InChI is InChI=1S/C14H8Cl2F2N4.C9H10F2N2.C5H2Cl2N2O/c15-12-7(5-19-14(16)21-12)13-20-10-3-8(17)9(18)4-11(10)22(13)6-1-2-6;10-6-3-8(12)9(4-7(6)11)13-5-1-2-5;6-4-3(2-10)1-8-5(7)9-4/h3-6H,1-2H2;3-5,13H,1-2,12H2;1-2H. The molecule has 3 N–H and O–H groups in total.